The lowest BCUT2D eigenvalue weighted by Crippen LogP contribution is -2.38. The third kappa shape index (κ3) is 4.96. The standard InChI is InChI=1S/C13H17BrClNO2/c1-8(2)3-12(7-17)16-13(18)9-4-10(14)6-11(15)5-9/h4-6,8,12,17H,3,7H2,1-2H3,(H,16,18). The molecule has 0 aliphatic heterocycles. The van der Waals surface area contributed by atoms with Crippen LogP contribution in [0, 0.1) is 5.92 Å². The zero-order chi connectivity index (χ0) is 13.7. The normalized spacial score (nSPS) is 12.6. The van der Waals surface area contributed by atoms with Crippen LogP contribution in [-0.2, 0) is 0 Å². The van der Waals surface area contributed by atoms with Crippen molar-refractivity contribution in [2.24, 2.45) is 5.92 Å². The fourth-order valence-corrected chi connectivity index (χ4v) is 2.56. The van der Waals surface area contributed by atoms with Crippen molar-refractivity contribution in [1.29, 1.82) is 0 Å². The molecule has 0 radical (unpaired) electrons. The van der Waals surface area contributed by atoms with Crippen LogP contribution in [0.25, 0.3) is 0 Å². The van der Waals surface area contributed by atoms with Crippen molar-refractivity contribution in [2.45, 2.75) is 26.3 Å². The van der Waals surface area contributed by atoms with Crippen LogP contribution in [0.15, 0.2) is 22.7 Å². The Bertz CT molecular complexity index is 403. The van der Waals surface area contributed by atoms with Crippen molar-refractivity contribution in [3.8, 4) is 0 Å². The first-order chi connectivity index (χ1) is 8.42. The van der Waals surface area contributed by atoms with Gasteiger partial charge >= 0.3 is 0 Å². The minimum Gasteiger partial charge on any atom is -0.394 e. The van der Waals surface area contributed by atoms with Crippen LogP contribution < -0.4 is 5.32 Å². The first-order valence-corrected chi connectivity index (χ1v) is 6.97. The number of carbonyl (C=O) groups is 1. The molecular weight excluding hydrogens is 318 g/mol. The molecule has 100 valence electrons. The lowest BCUT2D eigenvalue weighted by Gasteiger charge is -2.18. The molecule has 2 N–H and O–H groups in total. The second kappa shape index (κ2) is 7.12. The molecule has 1 atom stereocenters. The van der Waals surface area contributed by atoms with Gasteiger partial charge in [0.1, 0.15) is 0 Å². The van der Waals surface area contributed by atoms with Gasteiger partial charge in [-0.3, -0.25) is 4.79 Å². The molecule has 0 aromatic heterocycles. The van der Waals surface area contributed by atoms with Crippen LogP contribution in [0.3, 0.4) is 0 Å². The van der Waals surface area contributed by atoms with E-state index in [2.05, 4.69) is 21.2 Å². The van der Waals surface area contributed by atoms with E-state index in [9.17, 15) is 9.90 Å². The number of aliphatic hydroxyl groups excluding tert-OH is 1. The van der Waals surface area contributed by atoms with E-state index in [1.165, 1.54) is 0 Å². The second-order valence-corrected chi connectivity index (χ2v) is 5.99. The van der Waals surface area contributed by atoms with Gasteiger partial charge in [0.05, 0.1) is 12.6 Å². The summed E-state index contributed by atoms with van der Waals surface area (Å²) in [6.45, 7) is 4.03. The Kier molecular flexibility index (Phi) is 6.12. The molecule has 0 saturated heterocycles. The van der Waals surface area contributed by atoms with Crippen LogP contribution in [-0.4, -0.2) is 23.7 Å². The molecule has 0 fully saturated rings. The monoisotopic (exact) mass is 333 g/mol. The topological polar surface area (TPSA) is 49.3 Å². The maximum absolute atomic E-state index is 12.0. The third-order valence-electron chi connectivity index (χ3n) is 2.44. The summed E-state index contributed by atoms with van der Waals surface area (Å²) in [4.78, 5) is 12.0. The van der Waals surface area contributed by atoms with Gasteiger partial charge in [-0.05, 0) is 30.5 Å². The van der Waals surface area contributed by atoms with E-state index in [0.717, 1.165) is 10.9 Å². The number of benzene rings is 1. The second-order valence-electron chi connectivity index (χ2n) is 4.64. The first-order valence-electron chi connectivity index (χ1n) is 5.80. The smallest absolute Gasteiger partial charge is 0.251 e. The summed E-state index contributed by atoms with van der Waals surface area (Å²) in [5, 5.41) is 12.5. The third-order valence-corrected chi connectivity index (χ3v) is 3.11. The number of halogens is 2. The maximum atomic E-state index is 12.0. The van der Waals surface area contributed by atoms with Gasteiger partial charge in [0, 0.05) is 15.1 Å². The predicted octanol–water partition coefficient (Wildman–Crippen LogP) is 3.24. The number of hydrogen-bond acceptors (Lipinski definition) is 2. The van der Waals surface area contributed by atoms with Crippen molar-refractivity contribution in [3.63, 3.8) is 0 Å². The van der Waals surface area contributed by atoms with Gasteiger partial charge in [0.2, 0.25) is 0 Å². The fourth-order valence-electron chi connectivity index (χ4n) is 1.70. The summed E-state index contributed by atoms with van der Waals surface area (Å²) in [6, 6.07) is 4.79. The highest BCUT2D eigenvalue weighted by Gasteiger charge is 2.15. The van der Waals surface area contributed by atoms with Gasteiger partial charge in [0.15, 0.2) is 0 Å². The fraction of sp³-hybridized carbons (Fsp3) is 0.462. The van der Waals surface area contributed by atoms with Crippen LogP contribution in [0.4, 0.5) is 0 Å². The van der Waals surface area contributed by atoms with Crippen molar-refractivity contribution in [3.05, 3.63) is 33.3 Å². The van der Waals surface area contributed by atoms with Crippen molar-refractivity contribution >= 4 is 33.4 Å². The van der Waals surface area contributed by atoms with E-state index in [-0.39, 0.29) is 18.6 Å². The Hall–Kier alpha value is -0.580. The van der Waals surface area contributed by atoms with E-state index in [4.69, 9.17) is 11.6 Å². The molecule has 3 nitrogen and oxygen atoms in total. The van der Waals surface area contributed by atoms with Crippen LogP contribution in [0.2, 0.25) is 5.02 Å². The molecular formula is C13H17BrClNO2. The Morgan fingerprint density at radius 1 is 1.44 bits per heavy atom. The molecule has 18 heavy (non-hydrogen) atoms. The van der Waals surface area contributed by atoms with Crippen molar-refractivity contribution < 1.29 is 9.90 Å². The minimum atomic E-state index is -0.227. The molecule has 0 bridgehead atoms. The van der Waals surface area contributed by atoms with Gasteiger partial charge in [0.25, 0.3) is 5.91 Å². The molecule has 1 unspecified atom stereocenters. The molecule has 1 rings (SSSR count). The summed E-state index contributed by atoms with van der Waals surface area (Å²) in [5.41, 5.74) is 0.483. The van der Waals surface area contributed by atoms with E-state index in [1.54, 1.807) is 18.2 Å². The number of aliphatic hydroxyl groups is 1. The van der Waals surface area contributed by atoms with Gasteiger partial charge in [-0.1, -0.05) is 41.4 Å². The average molecular weight is 335 g/mol. The number of carbonyl (C=O) groups excluding carboxylic acids is 1. The van der Waals surface area contributed by atoms with E-state index >= 15 is 0 Å². The number of rotatable bonds is 5. The Balaban J connectivity index is 2.74. The zero-order valence-electron chi connectivity index (χ0n) is 10.4. The Morgan fingerprint density at radius 3 is 2.61 bits per heavy atom. The molecule has 0 aliphatic carbocycles. The molecule has 0 spiro atoms. The van der Waals surface area contributed by atoms with Crippen molar-refractivity contribution in [1.82, 2.24) is 5.32 Å². The molecule has 0 heterocycles. The van der Waals surface area contributed by atoms with Gasteiger partial charge < -0.3 is 10.4 Å². The number of amides is 1. The average Bonchev–Trinajstić information content (AvgIpc) is 2.26. The zero-order valence-corrected chi connectivity index (χ0v) is 12.8. The molecule has 0 saturated carbocycles. The Labute approximate surface area is 121 Å². The largest absolute Gasteiger partial charge is 0.394 e. The maximum Gasteiger partial charge on any atom is 0.251 e. The van der Waals surface area contributed by atoms with E-state index in [0.29, 0.717) is 16.5 Å². The van der Waals surface area contributed by atoms with E-state index < -0.39 is 0 Å². The summed E-state index contributed by atoms with van der Waals surface area (Å²) in [5.74, 6) is 0.187. The van der Waals surface area contributed by atoms with Crippen LogP contribution >= 0.6 is 27.5 Å². The quantitative estimate of drug-likeness (QED) is 0.868. The highest BCUT2D eigenvalue weighted by molar-refractivity contribution is 9.10. The molecule has 5 heteroatoms. The van der Waals surface area contributed by atoms with Crippen LogP contribution in [0.5, 0.6) is 0 Å². The number of nitrogens with one attached hydrogen (secondary N) is 1. The molecule has 1 amide bonds. The minimum absolute atomic E-state index is 0.0638. The van der Waals surface area contributed by atoms with Crippen LogP contribution in [0.1, 0.15) is 30.6 Å². The molecule has 1 aromatic carbocycles. The highest BCUT2D eigenvalue weighted by atomic mass is 79.9. The van der Waals surface area contributed by atoms with E-state index in [1.807, 2.05) is 13.8 Å². The SMILES string of the molecule is CC(C)CC(CO)NC(=O)c1cc(Cl)cc(Br)c1. The lowest BCUT2D eigenvalue weighted by molar-refractivity contribution is 0.0908. The summed E-state index contributed by atoms with van der Waals surface area (Å²) < 4.78 is 0.754. The van der Waals surface area contributed by atoms with Gasteiger partial charge in [-0.25, -0.2) is 0 Å². The summed E-state index contributed by atoms with van der Waals surface area (Å²) in [6.07, 6.45) is 0.740. The first kappa shape index (κ1) is 15.5. The predicted molar refractivity (Wildman–Crippen MR) is 76.9 cm³/mol. The van der Waals surface area contributed by atoms with Gasteiger partial charge in [-0.2, -0.15) is 0 Å². The summed E-state index contributed by atoms with van der Waals surface area (Å²) >= 11 is 9.18. The summed E-state index contributed by atoms with van der Waals surface area (Å²) in [7, 11) is 0. The highest BCUT2D eigenvalue weighted by Crippen LogP contribution is 2.19. The molecule has 0 aliphatic rings. The van der Waals surface area contributed by atoms with Gasteiger partial charge in [-0.15, -0.1) is 0 Å². The van der Waals surface area contributed by atoms with Crippen molar-refractivity contribution in [2.75, 3.05) is 6.61 Å². The Morgan fingerprint density at radius 2 is 2.11 bits per heavy atom. The number of hydrogen-bond donors (Lipinski definition) is 2. The molecule has 1 aromatic rings. The lowest BCUT2D eigenvalue weighted by atomic mass is 10.0.